The number of hydrogen-bond donors (Lipinski definition) is 0. The van der Waals surface area contributed by atoms with Crippen LogP contribution in [-0.2, 0) is 11.2 Å². The third kappa shape index (κ3) is 4.22. The quantitative estimate of drug-likeness (QED) is 0.661. The molecule has 2 aromatic heterocycles. The van der Waals surface area contributed by atoms with Gasteiger partial charge in [-0.15, -0.1) is 11.3 Å². The molecule has 7 nitrogen and oxygen atoms in total. The second-order valence-electron chi connectivity index (χ2n) is 7.23. The SMILES string of the molecule is Cc1cccc(-c2nc(CC(=O)N3CCN(C(=O)c4cccs4)[C@H](C)C3)no2)c1. The highest BCUT2D eigenvalue weighted by Crippen LogP contribution is 2.20. The summed E-state index contributed by atoms with van der Waals surface area (Å²) in [5.74, 6) is 0.754. The van der Waals surface area contributed by atoms with Crippen LogP contribution in [0.3, 0.4) is 0 Å². The van der Waals surface area contributed by atoms with Gasteiger partial charge in [-0.05, 0) is 37.4 Å². The average molecular weight is 410 g/mol. The van der Waals surface area contributed by atoms with E-state index in [1.54, 1.807) is 4.90 Å². The van der Waals surface area contributed by atoms with Crippen molar-refractivity contribution in [3.63, 3.8) is 0 Å². The molecule has 29 heavy (non-hydrogen) atoms. The second-order valence-corrected chi connectivity index (χ2v) is 8.17. The highest BCUT2D eigenvalue weighted by Gasteiger charge is 2.31. The van der Waals surface area contributed by atoms with Crippen LogP contribution in [0.4, 0.5) is 0 Å². The number of hydrogen-bond acceptors (Lipinski definition) is 6. The molecule has 1 fully saturated rings. The van der Waals surface area contributed by atoms with Crippen molar-refractivity contribution in [2.24, 2.45) is 0 Å². The summed E-state index contributed by atoms with van der Waals surface area (Å²) in [7, 11) is 0. The van der Waals surface area contributed by atoms with Crippen LogP contribution in [0, 0.1) is 6.92 Å². The number of benzene rings is 1. The maximum atomic E-state index is 12.7. The topological polar surface area (TPSA) is 79.5 Å². The number of thiophene rings is 1. The fourth-order valence-corrected chi connectivity index (χ4v) is 4.17. The Morgan fingerprint density at radius 1 is 1.24 bits per heavy atom. The van der Waals surface area contributed by atoms with Gasteiger partial charge in [0.05, 0.1) is 11.3 Å². The molecule has 1 aromatic carbocycles. The Balaban J connectivity index is 1.37. The van der Waals surface area contributed by atoms with Crippen molar-refractivity contribution in [2.75, 3.05) is 19.6 Å². The number of aromatic nitrogens is 2. The lowest BCUT2D eigenvalue weighted by Gasteiger charge is -2.39. The Bertz CT molecular complexity index is 1010. The largest absolute Gasteiger partial charge is 0.338 e. The van der Waals surface area contributed by atoms with Crippen LogP contribution in [0.5, 0.6) is 0 Å². The smallest absolute Gasteiger partial charge is 0.264 e. The second kappa shape index (κ2) is 8.16. The Hall–Kier alpha value is -3.00. The summed E-state index contributed by atoms with van der Waals surface area (Å²) < 4.78 is 5.32. The molecule has 0 spiro atoms. The summed E-state index contributed by atoms with van der Waals surface area (Å²) in [5.41, 5.74) is 1.94. The van der Waals surface area contributed by atoms with Crippen LogP contribution in [0.25, 0.3) is 11.5 Å². The van der Waals surface area contributed by atoms with E-state index >= 15 is 0 Å². The zero-order valence-corrected chi connectivity index (χ0v) is 17.2. The normalized spacial score (nSPS) is 16.8. The third-order valence-electron chi connectivity index (χ3n) is 5.02. The van der Waals surface area contributed by atoms with Crippen LogP contribution in [0.15, 0.2) is 46.3 Å². The molecule has 1 saturated heterocycles. The first kappa shape index (κ1) is 19.3. The number of nitrogens with zero attached hydrogens (tertiary/aromatic N) is 4. The summed E-state index contributed by atoms with van der Waals surface area (Å²) in [6, 6.07) is 11.4. The van der Waals surface area contributed by atoms with Gasteiger partial charge in [-0.1, -0.05) is 28.9 Å². The number of carbonyl (C=O) groups is 2. The first-order chi connectivity index (χ1) is 14.0. The summed E-state index contributed by atoms with van der Waals surface area (Å²) in [6.07, 6.45) is 0.0842. The van der Waals surface area contributed by atoms with Gasteiger partial charge >= 0.3 is 0 Å². The van der Waals surface area contributed by atoms with Crippen molar-refractivity contribution in [3.8, 4) is 11.5 Å². The molecule has 0 saturated carbocycles. The van der Waals surface area contributed by atoms with Gasteiger partial charge in [-0.25, -0.2) is 0 Å². The molecule has 1 aliphatic heterocycles. The number of carbonyl (C=O) groups excluding carboxylic acids is 2. The molecular weight excluding hydrogens is 388 g/mol. The van der Waals surface area contributed by atoms with Crippen molar-refractivity contribution < 1.29 is 14.1 Å². The Kier molecular flexibility index (Phi) is 5.44. The Morgan fingerprint density at radius 2 is 2.10 bits per heavy atom. The predicted molar refractivity (Wildman–Crippen MR) is 110 cm³/mol. The molecule has 1 aliphatic rings. The van der Waals surface area contributed by atoms with Gasteiger partial charge in [0.1, 0.15) is 0 Å². The van der Waals surface area contributed by atoms with Crippen LogP contribution in [0.1, 0.15) is 28.0 Å². The predicted octanol–water partition coefficient (Wildman–Crippen LogP) is 3.02. The fraction of sp³-hybridized carbons (Fsp3) is 0.333. The Morgan fingerprint density at radius 3 is 2.83 bits per heavy atom. The Labute approximate surface area is 172 Å². The van der Waals surface area contributed by atoms with Crippen molar-refractivity contribution in [1.82, 2.24) is 19.9 Å². The van der Waals surface area contributed by atoms with Crippen molar-refractivity contribution >= 4 is 23.2 Å². The summed E-state index contributed by atoms with van der Waals surface area (Å²) in [4.78, 5) is 34.0. The first-order valence-corrected chi connectivity index (χ1v) is 10.4. The molecular formula is C21H22N4O3S. The van der Waals surface area contributed by atoms with E-state index in [1.165, 1.54) is 11.3 Å². The minimum atomic E-state index is -0.0586. The van der Waals surface area contributed by atoms with Gasteiger partial charge in [-0.2, -0.15) is 4.98 Å². The maximum absolute atomic E-state index is 12.7. The van der Waals surface area contributed by atoms with Gasteiger partial charge in [0.2, 0.25) is 5.91 Å². The molecule has 0 radical (unpaired) electrons. The monoisotopic (exact) mass is 410 g/mol. The summed E-state index contributed by atoms with van der Waals surface area (Å²) in [5, 5.41) is 5.85. The van der Waals surface area contributed by atoms with Crippen LogP contribution < -0.4 is 0 Å². The van der Waals surface area contributed by atoms with Crippen molar-refractivity contribution in [1.29, 1.82) is 0 Å². The molecule has 0 bridgehead atoms. The molecule has 2 amide bonds. The standard InChI is InChI=1S/C21H22N4O3S/c1-14-5-3-6-16(11-14)20-22-18(23-28-20)12-19(26)24-8-9-25(15(2)13-24)21(27)17-7-4-10-29-17/h3-7,10-11,15H,8-9,12-13H2,1-2H3/t15-/m1/s1. The lowest BCUT2D eigenvalue weighted by atomic mass is 10.1. The van der Waals surface area contributed by atoms with Gasteiger partial charge in [-0.3, -0.25) is 9.59 Å². The third-order valence-corrected chi connectivity index (χ3v) is 5.87. The molecule has 3 aromatic rings. The lowest BCUT2D eigenvalue weighted by Crippen LogP contribution is -2.55. The van der Waals surface area contributed by atoms with Gasteiger partial charge in [0.15, 0.2) is 5.82 Å². The highest BCUT2D eigenvalue weighted by molar-refractivity contribution is 7.12. The van der Waals surface area contributed by atoms with E-state index < -0.39 is 0 Å². The molecule has 4 rings (SSSR count). The fourth-order valence-electron chi connectivity index (χ4n) is 3.50. The number of rotatable bonds is 4. The van der Waals surface area contributed by atoms with E-state index in [4.69, 9.17) is 4.52 Å². The van der Waals surface area contributed by atoms with E-state index in [0.717, 1.165) is 16.0 Å². The maximum Gasteiger partial charge on any atom is 0.264 e. The molecule has 0 unspecified atom stereocenters. The molecule has 1 atom stereocenters. The van der Waals surface area contributed by atoms with Crippen molar-refractivity contribution in [3.05, 3.63) is 58.0 Å². The van der Waals surface area contributed by atoms with Gasteiger partial charge < -0.3 is 14.3 Å². The van der Waals surface area contributed by atoms with E-state index in [1.807, 2.05) is 60.5 Å². The van der Waals surface area contributed by atoms with Gasteiger partial charge in [0.25, 0.3) is 11.8 Å². The number of amides is 2. The zero-order chi connectivity index (χ0) is 20.4. The minimum absolute atomic E-state index is 0.0283. The summed E-state index contributed by atoms with van der Waals surface area (Å²) >= 11 is 1.44. The first-order valence-electron chi connectivity index (χ1n) is 9.53. The molecule has 3 heterocycles. The average Bonchev–Trinajstić information content (AvgIpc) is 3.39. The van der Waals surface area contributed by atoms with E-state index in [2.05, 4.69) is 10.1 Å². The molecule has 150 valence electrons. The number of piperazine rings is 1. The van der Waals surface area contributed by atoms with E-state index in [9.17, 15) is 9.59 Å². The van der Waals surface area contributed by atoms with E-state index in [-0.39, 0.29) is 24.3 Å². The van der Waals surface area contributed by atoms with Crippen molar-refractivity contribution in [2.45, 2.75) is 26.3 Å². The summed E-state index contributed by atoms with van der Waals surface area (Å²) in [6.45, 7) is 5.48. The zero-order valence-electron chi connectivity index (χ0n) is 16.4. The highest BCUT2D eigenvalue weighted by atomic mass is 32.1. The van der Waals surface area contributed by atoms with E-state index in [0.29, 0.717) is 31.3 Å². The van der Waals surface area contributed by atoms with Gasteiger partial charge in [0, 0.05) is 31.2 Å². The molecule has 0 aliphatic carbocycles. The lowest BCUT2D eigenvalue weighted by molar-refractivity contribution is -0.133. The van der Waals surface area contributed by atoms with Crippen LogP contribution in [-0.4, -0.2) is 57.4 Å². The minimum Gasteiger partial charge on any atom is -0.338 e. The number of aryl methyl sites for hydroxylation is 1. The van der Waals surface area contributed by atoms with Crippen LogP contribution >= 0.6 is 11.3 Å². The molecule has 8 heteroatoms. The molecule has 0 N–H and O–H groups in total. The van der Waals surface area contributed by atoms with Crippen LogP contribution in [0.2, 0.25) is 0 Å².